The molecular weight excluding hydrogens is 529 g/mol. The van der Waals surface area contributed by atoms with Crippen LogP contribution < -0.4 is 10.5 Å². The Labute approximate surface area is 220 Å². The van der Waals surface area contributed by atoms with Crippen molar-refractivity contribution in [3.05, 3.63) is 53.2 Å². The number of alkyl halides is 3. The first-order valence-corrected chi connectivity index (χ1v) is 12.2. The molecule has 13 heteroatoms. The molecule has 0 bridgehead atoms. The fraction of sp³-hybridized carbons (Fsp3) is 0.360. The maximum absolute atomic E-state index is 15.1. The molecule has 2 heterocycles. The van der Waals surface area contributed by atoms with Crippen LogP contribution in [0.25, 0.3) is 11.9 Å². The van der Waals surface area contributed by atoms with E-state index >= 15 is 4.39 Å². The number of nitrogens with two attached hydrogens (primary N) is 1. The molecule has 38 heavy (non-hydrogen) atoms. The normalized spacial score (nSPS) is 19.9. The molecule has 0 saturated heterocycles. The Morgan fingerprint density at radius 2 is 2.11 bits per heavy atom. The molecule has 7 nitrogen and oxygen atoms in total. The maximum atomic E-state index is 15.1. The lowest BCUT2D eigenvalue weighted by atomic mass is 9.79. The van der Waals surface area contributed by atoms with Crippen molar-refractivity contribution in [1.29, 1.82) is 0 Å². The van der Waals surface area contributed by atoms with Gasteiger partial charge in [0.1, 0.15) is 17.9 Å². The smallest absolute Gasteiger partial charge is 0.397 e. The van der Waals surface area contributed by atoms with Crippen LogP contribution in [0.4, 0.5) is 22.0 Å². The third-order valence-corrected chi connectivity index (χ3v) is 6.80. The fourth-order valence-electron chi connectivity index (χ4n) is 3.82. The van der Waals surface area contributed by atoms with Crippen molar-refractivity contribution in [2.24, 2.45) is 16.6 Å². The van der Waals surface area contributed by atoms with Crippen LogP contribution in [0.2, 0.25) is 0 Å². The van der Waals surface area contributed by atoms with Crippen LogP contribution in [-0.2, 0) is 10.3 Å². The molecule has 2 N–H and O–H groups in total. The van der Waals surface area contributed by atoms with Gasteiger partial charge in [0, 0.05) is 30.8 Å². The van der Waals surface area contributed by atoms with Crippen molar-refractivity contribution in [3.8, 4) is 18.2 Å². The molecule has 202 valence electrons. The zero-order valence-corrected chi connectivity index (χ0v) is 21.2. The van der Waals surface area contributed by atoms with E-state index in [-0.39, 0.29) is 46.8 Å². The summed E-state index contributed by atoms with van der Waals surface area (Å²) in [7, 11) is 1.25. The summed E-state index contributed by atoms with van der Waals surface area (Å²) in [5, 5.41) is 0.155. The van der Waals surface area contributed by atoms with Crippen molar-refractivity contribution in [2.75, 3.05) is 26.0 Å². The number of aliphatic imine (C=N–C) groups is 1. The number of hydrogen-bond acceptors (Lipinski definition) is 7. The molecule has 0 unspecified atom stereocenters. The molecule has 1 amide bonds. The standard InChI is InChI=1S/C25H24F5N5O2S/c1-4-7-37-21-12-32-20(11-33-21)19(27)9-15-5-6-18(26)17(8-15)24(2)16(14-38-23(31)34-24)13-35(3)22(36)10-25(28,29)30/h1,5-6,8-9,11-12,16H,7,10,13-14H2,2-3H3,(H2,31,34)/b19-9-/t16-,24-/m0/s1. The van der Waals surface area contributed by atoms with Crippen LogP contribution in [0.3, 0.4) is 0 Å². The SMILES string of the molecule is C#CCOc1cnc(/C(F)=C/c2ccc(F)c([C@@]3(C)N=C(N)SC[C@@H]3CN(C)C(=O)CC(F)(F)F)c2)cn1. The molecule has 1 aromatic heterocycles. The number of carbonyl (C=O) groups is 1. The topological polar surface area (TPSA) is 93.7 Å². The number of rotatable bonds is 8. The first-order chi connectivity index (χ1) is 17.8. The van der Waals surface area contributed by atoms with Crippen molar-refractivity contribution in [1.82, 2.24) is 14.9 Å². The van der Waals surface area contributed by atoms with Gasteiger partial charge in [-0.15, -0.1) is 6.42 Å². The van der Waals surface area contributed by atoms with Crippen molar-refractivity contribution < 1.29 is 31.5 Å². The summed E-state index contributed by atoms with van der Waals surface area (Å²) in [6.45, 7) is 1.42. The molecule has 1 aliphatic heterocycles. The van der Waals surface area contributed by atoms with Gasteiger partial charge in [0.05, 0.1) is 17.9 Å². The molecule has 2 atom stereocenters. The second kappa shape index (κ2) is 11.8. The number of ether oxygens (including phenoxy) is 1. The number of halogens is 5. The van der Waals surface area contributed by atoms with Gasteiger partial charge in [-0.1, -0.05) is 23.7 Å². The fourth-order valence-corrected chi connectivity index (χ4v) is 4.88. The first kappa shape index (κ1) is 28.9. The van der Waals surface area contributed by atoms with Gasteiger partial charge in [0.15, 0.2) is 17.6 Å². The minimum atomic E-state index is -4.66. The number of aromatic nitrogens is 2. The monoisotopic (exact) mass is 553 g/mol. The van der Waals surface area contributed by atoms with E-state index in [2.05, 4.69) is 20.9 Å². The van der Waals surface area contributed by atoms with Gasteiger partial charge in [0.2, 0.25) is 11.8 Å². The minimum Gasteiger partial charge on any atom is -0.463 e. The molecular formula is C25H24F5N5O2S. The predicted molar refractivity (Wildman–Crippen MR) is 135 cm³/mol. The van der Waals surface area contributed by atoms with Gasteiger partial charge in [-0.25, -0.2) is 18.7 Å². The van der Waals surface area contributed by atoms with E-state index in [0.717, 1.165) is 35.0 Å². The lowest BCUT2D eigenvalue weighted by Crippen LogP contribution is -2.46. The number of nitrogens with zero attached hydrogens (tertiary/aromatic N) is 4. The highest BCUT2D eigenvalue weighted by molar-refractivity contribution is 8.13. The van der Waals surface area contributed by atoms with Gasteiger partial charge in [-0.2, -0.15) is 13.2 Å². The van der Waals surface area contributed by atoms with Gasteiger partial charge in [-0.05, 0) is 30.7 Å². The van der Waals surface area contributed by atoms with Crippen LogP contribution >= 0.6 is 11.8 Å². The van der Waals surface area contributed by atoms with E-state index in [1.807, 2.05) is 0 Å². The van der Waals surface area contributed by atoms with Gasteiger partial charge < -0.3 is 15.4 Å². The number of amides is 1. The second-order valence-electron chi connectivity index (χ2n) is 8.64. The Morgan fingerprint density at radius 3 is 2.74 bits per heavy atom. The lowest BCUT2D eigenvalue weighted by molar-refractivity contribution is -0.160. The molecule has 0 saturated carbocycles. The van der Waals surface area contributed by atoms with Crippen LogP contribution in [-0.4, -0.2) is 58.1 Å². The molecule has 0 radical (unpaired) electrons. The van der Waals surface area contributed by atoms with E-state index in [9.17, 15) is 22.4 Å². The van der Waals surface area contributed by atoms with Crippen molar-refractivity contribution in [2.45, 2.75) is 25.1 Å². The summed E-state index contributed by atoms with van der Waals surface area (Å²) in [4.78, 5) is 25.3. The van der Waals surface area contributed by atoms with Crippen LogP contribution in [0.5, 0.6) is 5.88 Å². The summed E-state index contributed by atoms with van der Waals surface area (Å²) >= 11 is 1.15. The summed E-state index contributed by atoms with van der Waals surface area (Å²) in [6.07, 6.45) is 2.31. The largest absolute Gasteiger partial charge is 0.463 e. The third-order valence-electron chi connectivity index (χ3n) is 5.85. The molecule has 0 aliphatic carbocycles. The van der Waals surface area contributed by atoms with Crippen LogP contribution in [0.1, 0.15) is 30.2 Å². The van der Waals surface area contributed by atoms with Crippen LogP contribution in [0, 0.1) is 24.1 Å². The Balaban J connectivity index is 1.91. The summed E-state index contributed by atoms with van der Waals surface area (Å²) < 4.78 is 73.3. The third kappa shape index (κ3) is 7.22. The molecule has 1 aliphatic rings. The summed E-state index contributed by atoms with van der Waals surface area (Å²) in [6, 6.07) is 3.85. The zero-order chi connectivity index (χ0) is 28.1. The van der Waals surface area contributed by atoms with E-state index in [4.69, 9.17) is 16.9 Å². The van der Waals surface area contributed by atoms with Gasteiger partial charge in [-0.3, -0.25) is 9.79 Å². The average molecular weight is 554 g/mol. The predicted octanol–water partition coefficient (Wildman–Crippen LogP) is 4.40. The number of terminal acetylenes is 1. The minimum absolute atomic E-state index is 0.0255. The number of hydrogen-bond donors (Lipinski definition) is 1. The quantitative estimate of drug-likeness (QED) is 0.385. The van der Waals surface area contributed by atoms with Crippen molar-refractivity contribution in [3.63, 3.8) is 0 Å². The highest BCUT2D eigenvalue weighted by Gasteiger charge is 2.42. The van der Waals surface area contributed by atoms with E-state index in [1.165, 1.54) is 25.4 Å². The van der Waals surface area contributed by atoms with E-state index < -0.39 is 41.6 Å². The highest BCUT2D eigenvalue weighted by atomic mass is 32.2. The summed E-state index contributed by atoms with van der Waals surface area (Å²) in [5.41, 5.74) is 4.79. The molecule has 1 aromatic carbocycles. The number of benzene rings is 1. The second-order valence-corrected chi connectivity index (χ2v) is 9.68. The highest BCUT2D eigenvalue weighted by Crippen LogP contribution is 2.42. The molecule has 3 rings (SSSR count). The Bertz CT molecular complexity index is 1280. The molecule has 2 aromatic rings. The number of amidine groups is 1. The summed E-state index contributed by atoms with van der Waals surface area (Å²) in [5.74, 6) is -0.494. The van der Waals surface area contributed by atoms with Crippen molar-refractivity contribution >= 4 is 34.7 Å². The Morgan fingerprint density at radius 1 is 1.37 bits per heavy atom. The average Bonchev–Trinajstić information content (AvgIpc) is 2.84. The lowest BCUT2D eigenvalue weighted by Gasteiger charge is -2.40. The molecule has 0 spiro atoms. The maximum Gasteiger partial charge on any atom is 0.397 e. The number of thioether (sulfide) groups is 1. The number of carbonyl (C=O) groups excluding carboxylic acids is 1. The van der Waals surface area contributed by atoms with E-state index in [1.54, 1.807) is 6.92 Å². The molecule has 0 fully saturated rings. The van der Waals surface area contributed by atoms with Crippen LogP contribution in [0.15, 0.2) is 35.6 Å². The zero-order valence-electron chi connectivity index (χ0n) is 20.4. The van der Waals surface area contributed by atoms with E-state index in [0.29, 0.717) is 0 Å². The van der Waals surface area contributed by atoms with Gasteiger partial charge in [0.25, 0.3) is 0 Å². The first-order valence-electron chi connectivity index (χ1n) is 11.2. The Hall–Kier alpha value is -3.66. The van der Waals surface area contributed by atoms with Gasteiger partial charge >= 0.3 is 6.18 Å². The Kier molecular flexibility index (Phi) is 8.98.